The van der Waals surface area contributed by atoms with E-state index in [0.717, 1.165) is 0 Å². The minimum Gasteiger partial charge on any atom is -0.480 e. The molecule has 0 aromatic heterocycles. The summed E-state index contributed by atoms with van der Waals surface area (Å²) in [6, 6.07) is -6.28. The summed E-state index contributed by atoms with van der Waals surface area (Å²) in [6.07, 6.45) is 4.28. The lowest BCUT2D eigenvalue weighted by atomic mass is 10.0. The molecule has 0 fully saturated rings. The maximum Gasteiger partial charge on any atom is 0.326 e. The maximum absolute atomic E-state index is 13.6. The summed E-state index contributed by atoms with van der Waals surface area (Å²) in [4.78, 5) is 88.8. The largest absolute Gasteiger partial charge is 0.480 e. The first-order chi connectivity index (χ1) is 24.4. The van der Waals surface area contributed by atoms with Crippen LogP contribution in [0.5, 0.6) is 0 Å². The Morgan fingerprint density at radius 2 is 0.784 bits per heavy atom. The molecule has 0 rings (SSSR count). The fourth-order valence-corrected chi connectivity index (χ4v) is 4.80. The maximum atomic E-state index is 13.6. The van der Waals surface area contributed by atoms with Crippen molar-refractivity contribution in [3.05, 3.63) is 0 Å². The number of amides is 6. The van der Waals surface area contributed by atoms with Crippen molar-refractivity contribution in [3.63, 3.8) is 0 Å². The molecule has 0 heterocycles. The summed E-state index contributed by atoms with van der Waals surface area (Å²) >= 11 is 0. The van der Waals surface area contributed by atoms with Crippen LogP contribution in [-0.4, -0.2) is 133 Å². The van der Waals surface area contributed by atoms with Crippen molar-refractivity contribution in [1.29, 1.82) is 0 Å². The van der Waals surface area contributed by atoms with Gasteiger partial charge < -0.3 is 70.2 Å². The van der Waals surface area contributed by atoms with Gasteiger partial charge in [-0.3, -0.25) is 28.8 Å². The standard InChI is InChI=1S/C31H60N10O10/c32-13-5-1-9-20(27(46)39-22(11-3-7-15-34)29(48)41-23(31(50)51)12-4-8-16-35)38-28(47)21(10-2-6-14-33)40-30(49)24(18-42)37-25(44)17-36-26(45)19-43/h20-24,42-43H,1-19,32-35H2,(H,36,45)(H,37,44)(H,38,47)(H,39,46)(H,40,49)(H,41,48)(H,50,51)/t20-,21-,22-,23-,24-/m0/s1. The number of hydrogen-bond acceptors (Lipinski definition) is 13. The number of carbonyl (C=O) groups excluding carboxylic acids is 6. The predicted molar refractivity (Wildman–Crippen MR) is 186 cm³/mol. The van der Waals surface area contributed by atoms with E-state index >= 15 is 0 Å². The number of nitrogens with two attached hydrogens (primary N) is 4. The summed E-state index contributed by atoms with van der Waals surface area (Å²) < 4.78 is 0. The Kier molecular flexibility index (Phi) is 26.5. The minimum absolute atomic E-state index is 0.0788. The van der Waals surface area contributed by atoms with Gasteiger partial charge >= 0.3 is 5.97 Å². The van der Waals surface area contributed by atoms with Gasteiger partial charge in [0.05, 0.1) is 13.2 Å². The topological polar surface area (TPSA) is 356 Å². The molecule has 6 amide bonds. The quantitative estimate of drug-likeness (QED) is 0.0308. The fraction of sp³-hybridized carbons (Fsp3) is 0.774. The zero-order chi connectivity index (χ0) is 38.6. The first kappa shape index (κ1) is 47.0. The molecular weight excluding hydrogens is 672 g/mol. The minimum atomic E-state index is -1.50. The lowest BCUT2D eigenvalue weighted by Gasteiger charge is -2.27. The molecule has 294 valence electrons. The smallest absolute Gasteiger partial charge is 0.326 e. The number of hydrogen-bond donors (Lipinski definition) is 13. The second kappa shape index (κ2) is 28.7. The van der Waals surface area contributed by atoms with Crippen LogP contribution in [0.25, 0.3) is 0 Å². The molecule has 20 heteroatoms. The molecule has 0 saturated heterocycles. The number of carboxylic acids is 1. The molecule has 0 aliphatic heterocycles. The number of rotatable bonds is 30. The van der Waals surface area contributed by atoms with E-state index in [0.29, 0.717) is 77.5 Å². The van der Waals surface area contributed by atoms with Gasteiger partial charge in [-0.2, -0.15) is 0 Å². The van der Waals surface area contributed by atoms with E-state index in [1.165, 1.54) is 0 Å². The average molecular weight is 733 g/mol. The van der Waals surface area contributed by atoms with E-state index in [2.05, 4.69) is 31.9 Å². The average Bonchev–Trinajstić information content (AvgIpc) is 3.10. The molecule has 0 aliphatic carbocycles. The summed E-state index contributed by atoms with van der Waals surface area (Å²) in [5.74, 6) is -6.04. The first-order valence-electron chi connectivity index (χ1n) is 17.4. The lowest BCUT2D eigenvalue weighted by Crippen LogP contribution is -2.59. The van der Waals surface area contributed by atoms with Gasteiger partial charge in [0.15, 0.2) is 0 Å². The highest BCUT2D eigenvalue weighted by Crippen LogP contribution is 2.09. The van der Waals surface area contributed by atoms with Gasteiger partial charge in [0.25, 0.3) is 0 Å². The summed E-state index contributed by atoms with van der Waals surface area (Å²) in [5, 5.41) is 42.8. The molecule has 0 aromatic rings. The van der Waals surface area contributed by atoms with Gasteiger partial charge in [0.1, 0.15) is 36.8 Å². The molecule has 0 bridgehead atoms. The third-order valence-corrected chi connectivity index (χ3v) is 7.73. The van der Waals surface area contributed by atoms with Crippen molar-refractivity contribution in [2.45, 2.75) is 107 Å². The normalized spacial score (nSPS) is 13.8. The zero-order valence-electron chi connectivity index (χ0n) is 29.3. The van der Waals surface area contributed by atoms with Crippen molar-refractivity contribution in [2.75, 3.05) is 45.9 Å². The molecule has 5 atom stereocenters. The molecule has 0 spiro atoms. The monoisotopic (exact) mass is 732 g/mol. The summed E-state index contributed by atoms with van der Waals surface area (Å²) in [7, 11) is 0. The molecule has 17 N–H and O–H groups in total. The lowest BCUT2D eigenvalue weighted by molar-refractivity contribution is -0.142. The zero-order valence-corrected chi connectivity index (χ0v) is 29.3. The Bertz CT molecular complexity index is 1080. The molecule has 0 unspecified atom stereocenters. The number of aliphatic hydroxyl groups is 2. The fourth-order valence-electron chi connectivity index (χ4n) is 4.80. The molecule has 0 saturated carbocycles. The summed E-state index contributed by atoms with van der Waals surface area (Å²) in [6.45, 7) is -0.998. The third-order valence-electron chi connectivity index (χ3n) is 7.73. The van der Waals surface area contributed by atoms with Gasteiger partial charge in [0, 0.05) is 0 Å². The van der Waals surface area contributed by atoms with Crippen LogP contribution < -0.4 is 54.8 Å². The molecule has 0 aromatic carbocycles. The van der Waals surface area contributed by atoms with Crippen LogP contribution in [0.15, 0.2) is 0 Å². The number of carbonyl (C=O) groups is 7. The predicted octanol–water partition coefficient (Wildman–Crippen LogP) is -4.89. The Balaban J connectivity index is 6.02. The van der Waals surface area contributed by atoms with Crippen LogP contribution >= 0.6 is 0 Å². The number of aliphatic carboxylic acids is 1. The highest BCUT2D eigenvalue weighted by atomic mass is 16.4. The Morgan fingerprint density at radius 1 is 0.451 bits per heavy atom. The SMILES string of the molecule is NCCCC[C@H](NC(=O)[C@H](CCCCN)NC(=O)[C@H](CCCCN)NC(=O)[C@H](CCCCN)NC(=O)[C@H](CO)NC(=O)CNC(=O)CO)C(=O)O. The molecule has 51 heavy (non-hydrogen) atoms. The van der Waals surface area contributed by atoms with Crippen LogP contribution in [0.1, 0.15) is 77.0 Å². The number of unbranched alkanes of at least 4 members (excludes halogenated alkanes) is 4. The van der Waals surface area contributed by atoms with Crippen LogP contribution in [-0.2, 0) is 33.6 Å². The Morgan fingerprint density at radius 3 is 1.10 bits per heavy atom. The van der Waals surface area contributed by atoms with E-state index in [1.54, 1.807) is 0 Å². The van der Waals surface area contributed by atoms with E-state index in [1.807, 2.05) is 0 Å². The molecule has 20 nitrogen and oxygen atoms in total. The van der Waals surface area contributed by atoms with Crippen LogP contribution in [0.2, 0.25) is 0 Å². The highest BCUT2D eigenvalue weighted by Gasteiger charge is 2.32. The Hall–Kier alpha value is -3.95. The van der Waals surface area contributed by atoms with Crippen molar-refractivity contribution in [3.8, 4) is 0 Å². The third kappa shape index (κ3) is 21.1. The van der Waals surface area contributed by atoms with Crippen molar-refractivity contribution in [2.24, 2.45) is 22.9 Å². The van der Waals surface area contributed by atoms with Crippen LogP contribution in [0.4, 0.5) is 0 Å². The van der Waals surface area contributed by atoms with Crippen LogP contribution in [0.3, 0.4) is 0 Å². The van der Waals surface area contributed by atoms with Crippen molar-refractivity contribution >= 4 is 41.4 Å². The van der Waals surface area contributed by atoms with E-state index < -0.39 is 91.4 Å². The number of carboxylic acid groups (broad SMARTS) is 1. The van der Waals surface area contributed by atoms with E-state index in [4.69, 9.17) is 28.0 Å². The van der Waals surface area contributed by atoms with Crippen molar-refractivity contribution in [1.82, 2.24) is 31.9 Å². The van der Waals surface area contributed by atoms with Gasteiger partial charge in [-0.1, -0.05) is 0 Å². The molecule has 0 aliphatic rings. The van der Waals surface area contributed by atoms with Gasteiger partial charge in [-0.15, -0.1) is 0 Å². The Labute approximate surface area is 298 Å². The van der Waals surface area contributed by atoms with Gasteiger partial charge in [-0.25, -0.2) is 4.79 Å². The molecule has 0 radical (unpaired) electrons. The summed E-state index contributed by atoms with van der Waals surface area (Å²) in [5.41, 5.74) is 22.4. The first-order valence-corrected chi connectivity index (χ1v) is 17.4. The molecular formula is C31H60N10O10. The number of aliphatic hydroxyl groups excluding tert-OH is 2. The second-order valence-electron chi connectivity index (χ2n) is 12.0. The highest BCUT2D eigenvalue weighted by molar-refractivity contribution is 5.96. The van der Waals surface area contributed by atoms with E-state index in [-0.39, 0.29) is 25.7 Å². The van der Waals surface area contributed by atoms with Crippen LogP contribution in [0, 0.1) is 0 Å². The van der Waals surface area contributed by atoms with Crippen molar-refractivity contribution < 1.29 is 48.9 Å². The van der Waals surface area contributed by atoms with Gasteiger partial charge in [0.2, 0.25) is 35.4 Å². The van der Waals surface area contributed by atoms with Gasteiger partial charge in [-0.05, 0) is 103 Å². The second-order valence-corrected chi connectivity index (χ2v) is 12.0. The van der Waals surface area contributed by atoms with E-state index in [9.17, 15) is 43.8 Å². The number of nitrogens with one attached hydrogen (secondary N) is 6.